The van der Waals surface area contributed by atoms with E-state index >= 15 is 0 Å². The van der Waals surface area contributed by atoms with Crippen molar-refractivity contribution >= 4 is 29.0 Å². The Bertz CT molecular complexity index is 1050. The van der Waals surface area contributed by atoms with Crippen LogP contribution in [0.2, 0.25) is 0 Å². The highest BCUT2D eigenvalue weighted by Gasteiger charge is 2.19. The van der Waals surface area contributed by atoms with Crippen LogP contribution in [0.3, 0.4) is 0 Å². The number of carbonyl (C=O) groups excluding carboxylic acids is 1. The lowest BCUT2D eigenvalue weighted by molar-refractivity contribution is -0.137. The smallest absolute Gasteiger partial charge is 0.319 e. The molecule has 29 heavy (non-hydrogen) atoms. The zero-order valence-corrected chi connectivity index (χ0v) is 16.0. The summed E-state index contributed by atoms with van der Waals surface area (Å²) in [7, 11) is 0. The van der Waals surface area contributed by atoms with Crippen molar-refractivity contribution in [3.05, 3.63) is 86.7 Å². The Morgan fingerprint density at radius 2 is 1.90 bits per heavy atom. The van der Waals surface area contributed by atoms with Gasteiger partial charge in [0.2, 0.25) is 0 Å². The van der Waals surface area contributed by atoms with Crippen LogP contribution in [0.15, 0.2) is 64.9 Å². The zero-order valence-electron chi connectivity index (χ0n) is 15.2. The number of nitrogens with one attached hydrogen (secondary N) is 2. The molecule has 2 heterocycles. The standard InChI is InChI=1S/C20H18FN3O4S/c21-14-7-5-13(6-8-14)17(11-18(25)26)23-20(28)22-16-4-1-9-24(19(16)27)12-15-3-2-10-29-15/h1-10,17H,11-12H2,(H,25,26)(H2,22,23,28)/t17-/m0/s1. The van der Waals surface area contributed by atoms with Crippen LogP contribution in [0.4, 0.5) is 14.9 Å². The molecule has 7 nitrogen and oxygen atoms in total. The SMILES string of the molecule is O=C(O)C[C@H](NC(=O)Nc1cccn(Cc2cccs2)c1=O)c1ccc(F)cc1. The molecule has 3 aromatic rings. The number of hydrogen-bond donors (Lipinski definition) is 3. The van der Waals surface area contributed by atoms with Crippen LogP contribution >= 0.6 is 11.3 Å². The molecule has 1 aromatic carbocycles. The van der Waals surface area contributed by atoms with Crippen LogP contribution in [0.25, 0.3) is 0 Å². The third kappa shape index (κ3) is 5.52. The summed E-state index contributed by atoms with van der Waals surface area (Å²) in [6.45, 7) is 0.380. The van der Waals surface area contributed by atoms with E-state index in [0.717, 1.165) is 4.88 Å². The molecule has 0 fully saturated rings. The van der Waals surface area contributed by atoms with Crippen molar-refractivity contribution in [1.82, 2.24) is 9.88 Å². The van der Waals surface area contributed by atoms with E-state index in [1.165, 1.54) is 46.2 Å². The van der Waals surface area contributed by atoms with E-state index in [4.69, 9.17) is 5.11 Å². The summed E-state index contributed by atoms with van der Waals surface area (Å²) in [5.74, 6) is -1.60. The van der Waals surface area contributed by atoms with Crippen LogP contribution in [0.1, 0.15) is 22.9 Å². The number of carboxylic acid groups (broad SMARTS) is 1. The maximum atomic E-state index is 13.1. The second-order valence-corrected chi connectivity index (χ2v) is 7.27. The molecule has 0 spiro atoms. The number of pyridine rings is 1. The predicted molar refractivity (Wildman–Crippen MR) is 108 cm³/mol. The van der Waals surface area contributed by atoms with Crippen molar-refractivity contribution < 1.29 is 19.1 Å². The van der Waals surface area contributed by atoms with E-state index in [9.17, 15) is 18.8 Å². The quantitative estimate of drug-likeness (QED) is 0.550. The lowest BCUT2D eigenvalue weighted by Gasteiger charge is -2.18. The van der Waals surface area contributed by atoms with Gasteiger partial charge in [-0.05, 0) is 41.3 Å². The Labute approximate surface area is 169 Å². The summed E-state index contributed by atoms with van der Waals surface area (Å²) in [6.07, 6.45) is 1.23. The molecule has 3 N–H and O–H groups in total. The van der Waals surface area contributed by atoms with Gasteiger partial charge >= 0.3 is 12.0 Å². The molecule has 0 saturated heterocycles. The molecule has 0 unspecified atom stereocenters. The molecular weight excluding hydrogens is 397 g/mol. The number of hydrogen-bond acceptors (Lipinski definition) is 4. The molecular formula is C20H18FN3O4S. The van der Waals surface area contributed by atoms with Gasteiger partial charge in [-0.15, -0.1) is 11.3 Å². The average molecular weight is 415 g/mol. The normalized spacial score (nSPS) is 11.6. The number of anilines is 1. The minimum atomic E-state index is -1.13. The Balaban J connectivity index is 1.73. The maximum absolute atomic E-state index is 13.1. The van der Waals surface area contributed by atoms with Gasteiger partial charge in [0.05, 0.1) is 19.0 Å². The van der Waals surface area contributed by atoms with Gasteiger partial charge in [0.25, 0.3) is 5.56 Å². The van der Waals surface area contributed by atoms with Gasteiger partial charge in [-0.25, -0.2) is 9.18 Å². The Morgan fingerprint density at radius 3 is 2.55 bits per heavy atom. The molecule has 1 atom stereocenters. The summed E-state index contributed by atoms with van der Waals surface area (Å²) in [6, 6.07) is 10.5. The van der Waals surface area contributed by atoms with Crippen molar-refractivity contribution in [2.45, 2.75) is 19.0 Å². The number of carbonyl (C=O) groups is 2. The summed E-state index contributed by atoms with van der Waals surface area (Å²) in [4.78, 5) is 37.1. The van der Waals surface area contributed by atoms with Gasteiger partial charge in [0.15, 0.2) is 0 Å². The van der Waals surface area contributed by atoms with Gasteiger partial charge in [-0.1, -0.05) is 18.2 Å². The molecule has 150 valence electrons. The van der Waals surface area contributed by atoms with Crippen molar-refractivity contribution in [3.63, 3.8) is 0 Å². The first kappa shape index (κ1) is 20.3. The van der Waals surface area contributed by atoms with Crippen molar-refractivity contribution in [3.8, 4) is 0 Å². The number of benzene rings is 1. The fraction of sp³-hybridized carbons (Fsp3) is 0.150. The summed E-state index contributed by atoms with van der Waals surface area (Å²) >= 11 is 1.52. The number of halogens is 1. The highest BCUT2D eigenvalue weighted by molar-refractivity contribution is 7.09. The Morgan fingerprint density at radius 1 is 1.14 bits per heavy atom. The van der Waals surface area contributed by atoms with Crippen LogP contribution in [-0.2, 0) is 11.3 Å². The molecule has 0 saturated carbocycles. The number of urea groups is 1. The van der Waals surface area contributed by atoms with Gasteiger partial charge in [-0.3, -0.25) is 9.59 Å². The maximum Gasteiger partial charge on any atom is 0.319 e. The van der Waals surface area contributed by atoms with Crippen molar-refractivity contribution in [2.75, 3.05) is 5.32 Å². The first-order valence-corrected chi connectivity index (χ1v) is 9.57. The van der Waals surface area contributed by atoms with Crippen LogP contribution in [-0.4, -0.2) is 21.7 Å². The number of aliphatic carboxylic acids is 1. The third-order valence-electron chi connectivity index (χ3n) is 4.13. The third-order valence-corrected chi connectivity index (χ3v) is 4.99. The van der Waals surface area contributed by atoms with E-state index in [1.54, 1.807) is 12.3 Å². The molecule has 0 aliphatic rings. The van der Waals surface area contributed by atoms with Gasteiger partial charge < -0.3 is 20.3 Å². The fourth-order valence-electron chi connectivity index (χ4n) is 2.77. The minimum absolute atomic E-state index is 0.0646. The minimum Gasteiger partial charge on any atom is -0.481 e. The van der Waals surface area contributed by atoms with E-state index in [0.29, 0.717) is 12.1 Å². The number of rotatable bonds is 7. The number of aromatic nitrogens is 1. The van der Waals surface area contributed by atoms with E-state index < -0.39 is 30.3 Å². The molecule has 0 radical (unpaired) electrons. The number of nitrogens with zero attached hydrogens (tertiary/aromatic N) is 1. The molecule has 0 aliphatic heterocycles. The average Bonchev–Trinajstić information content (AvgIpc) is 3.18. The van der Waals surface area contributed by atoms with Crippen LogP contribution in [0.5, 0.6) is 0 Å². The largest absolute Gasteiger partial charge is 0.481 e. The molecule has 2 amide bonds. The summed E-state index contributed by atoms with van der Waals surface area (Å²) < 4.78 is 14.6. The van der Waals surface area contributed by atoms with E-state index in [-0.39, 0.29) is 11.2 Å². The van der Waals surface area contributed by atoms with E-state index in [2.05, 4.69) is 10.6 Å². The Hall–Kier alpha value is -3.46. The lowest BCUT2D eigenvalue weighted by Crippen LogP contribution is -2.36. The van der Waals surface area contributed by atoms with Gasteiger partial charge in [-0.2, -0.15) is 0 Å². The van der Waals surface area contributed by atoms with E-state index in [1.807, 2.05) is 17.5 Å². The molecule has 9 heteroatoms. The number of thiophene rings is 1. The first-order chi connectivity index (χ1) is 13.9. The fourth-order valence-corrected chi connectivity index (χ4v) is 3.47. The lowest BCUT2D eigenvalue weighted by atomic mass is 10.0. The summed E-state index contributed by atoms with van der Waals surface area (Å²) in [5.41, 5.74) is 0.120. The zero-order chi connectivity index (χ0) is 20.8. The summed E-state index contributed by atoms with van der Waals surface area (Å²) in [5, 5.41) is 16.0. The second kappa shape index (κ2) is 9.16. The highest BCUT2D eigenvalue weighted by atomic mass is 32.1. The predicted octanol–water partition coefficient (Wildman–Crippen LogP) is 3.43. The Kier molecular flexibility index (Phi) is 6.40. The molecule has 2 aromatic heterocycles. The van der Waals surface area contributed by atoms with Crippen molar-refractivity contribution in [2.24, 2.45) is 0 Å². The van der Waals surface area contributed by atoms with Crippen LogP contribution < -0.4 is 16.2 Å². The number of amides is 2. The second-order valence-electron chi connectivity index (χ2n) is 6.23. The first-order valence-electron chi connectivity index (χ1n) is 8.69. The monoisotopic (exact) mass is 415 g/mol. The molecule has 0 bridgehead atoms. The van der Waals surface area contributed by atoms with Crippen molar-refractivity contribution in [1.29, 1.82) is 0 Å². The molecule has 3 rings (SSSR count). The van der Waals surface area contributed by atoms with Gasteiger partial charge in [0.1, 0.15) is 11.5 Å². The molecule has 0 aliphatic carbocycles. The highest BCUT2D eigenvalue weighted by Crippen LogP contribution is 2.18. The van der Waals surface area contributed by atoms with Gasteiger partial charge in [0, 0.05) is 11.1 Å². The van der Waals surface area contributed by atoms with Crippen LogP contribution in [0, 0.1) is 5.82 Å². The number of carboxylic acids is 1. The topological polar surface area (TPSA) is 100 Å².